The summed E-state index contributed by atoms with van der Waals surface area (Å²) in [5.74, 6) is 1.70. The molecule has 1 saturated carbocycles. The first kappa shape index (κ1) is 16.5. The van der Waals surface area contributed by atoms with Gasteiger partial charge in [-0.1, -0.05) is 70.4 Å². The second-order valence-electron chi connectivity index (χ2n) is 7.24. The minimum Gasteiger partial charge on any atom is -0.307 e. The number of rotatable bonds is 6. The summed E-state index contributed by atoms with van der Waals surface area (Å²) >= 11 is 0. The third-order valence-electron chi connectivity index (χ3n) is 5.01. The van der Waals surface area contributed by atoms with Crippen LogP contribution < -0.4 is 5.32 Å². The van der Waals surface area contributed by atoms with E-state index < -0.39 is 0 Å². The number of hydrogen-bond donors (Lipinski definition) is 1. The molecule has 1 heteroatoms. The highest BCUT2D eigenvalue weighted by molar-refractivity contribution is 5.19. The summed E-state index contributed by atoms with van der Waals surface area (Å²) in [6.07, 6.45) is 9.57. The lowest BCUT2D eigenvalue weighted by atomic mass is 9.94. The van der Waals surface area contributed by atoms with Crippen LogP contribution in [0.2, 0.25) is 0 Å². The predicted molar refractivity (Wildman–Crippen MR) is 92.4 cm³/mol. The molecular weight excluding hydrogens is 254 g/mol. The molecule has 0 aliphatic heterocycles. The first-order valence-corrected chi connectivity index (χ1v) is 9.00. The normalized spacial score (nSPS) is 24.8. The van der Waals surface area contributed by atoms with Crippen LogP contribution in [0.1, 0.15) is 77.3 Å². The molecule has 1 aliphatic carbocycles. The molecule has 3 atom stereocenters. The number of benzene rings is 1. The predicted octanol–water partition coefficient (Wildman–Crippen LogP) is 5.72. The Morgan fingerprint density at radius 1 is 1.05 bits per heavy atom. The van der Waals surface area contributed by atoms with Gasteiger partial charge in [0.05, 0.1) is 0 Å². The molecule has 1 aliphatic rings. The molecule has 118 valence electrons. The van der Waals surface area contributed by atoms with E-state index in [1.165, 1.54) is 50.5 Å². The van der Waals surface area contributed by atoms with Crippen LogP contribution in [0.25, 0.3) is 0 Å². The molecule has 0 amide bonds. The van der Waals surface area contributed by atoms with Gasteiger partial charge in [0.1, 0.15) is 0 Å². The summed E-state index contributed by atoms with van der Waals surface area (Å²) in [4.78, 5) is 0. The second kappa shape index (κ2) is 8.58. The van der Waals surface area contributed by atoms with Gasteiger partial charge < -0.3 is 5.32 Å². The van der Waals surface area contributed by atoms with E-state index in [2.05, 4.69) is 56.4 Å². The molecule has 1 N–H and O–H groups in total. The maximum absolute atomic E-state index is 3.99. The first-order valence-electron chi connectivity index (χ1n) is 9.00. The Labute approximate surface area is 131 Å². The van der Waals surface area contributed by atoms with Crippen LogP contribution in [0.5, 0.6) is 0 Å². The van der Waals surface area contributed by atoms with E-state index in [4.69, 9.17) is 0 Å². The van der Waals surface area contributed by atoms with Gasteiger partial charge in [-0.05, 0) is 43.1 Å². The van der Waals surface area contributed by atoms with Gasteiger partial charge in [0.2, 0.25) is 0 Å². The van der Waals surface area contributed by atoms with E-state index in [0.29, 0.717) is 12.1 Å². The van der Waals surface area contributed by atoms with Crippen LogP contribution >= 0.6 is 0 Å². The van der Waals surface area contributed by atoms with E-state index in [-0.39, 0.29) is 0 Å². The van der Waals surface area contributed by atoms with Gasteiger partial charge in [-0.15, -0.1) is 0 Å². The fourth-order valence-corrected chi connectivity index (χ4v) is 3.70. The summed E-state index contributed by atoms with van der Waals surface area (Å²) in [5, 5.41) is 3.99. The van der Waals surface area contributed by atoms with Crippen molar-refractivity contribution in [2.45, 2.75) is 77.8 Å². The zero-order valence-corrected chi connectivity index (χ0v) is 14.1. The Morgan fingerprint density at radius 2 is 1.81 bits per heavy atom. The zero-order chi connectivity index (χ0) is 15.1. The summed E-state index contributed by atoms with van der Waals surface area (Å²) in [5.41, 5.74) is 1.46. The SMILES string of the molecule is CCC1CCCC(NC(CC(C)C)c2ccccc2)CC1. The third-order valence-corrected chi connectivity index (χ3v) is 5.01. The van der Waals surface area contributed by atoms with E-state index in [1.807, 2.05) is 0 Å². The molecule has 0 heterocycles. The van der Waals surface area contributed by atoms with Crippen LogP contribution in [-0.2, 0) is 0 Å². The van der Waals surface area contributed by atoms with Gasteiger partial charge in [0.25, 0.3) is 0 Å². The van der Waals surface area contributed by atoms with Crippen molar-refractivity contribution in [3.05, 3.63) is 35.9 Å². The summed E-state index contributed by atoms with van der Waals surface area (Å²) in [7, 11) is 0. The largest absolute Gasteiger partial charge is 0.307 e. The first-order chi connectivity index (χ1) is 10.2. The highest BCUT2D eigenvalue weighted by atomic mass is 14.9. The van der Waals surface area contributed by atoms with E-state index in [9.17, 15) is 0 Å². The van der Waals surface area contributed by atoms with Crippen LogP contribution in [0, 0.1) is 11.8 Å². The molecule has 1 fully saturated rings. The number of nitrogens with one attached hydrogen (secondary N) is 1. The molecule has 0 spiro atoms. The van der Waals surface area contributed by atoms with Gasteiger partial charge >= 0.3 is 0 Å². The average molecular weight is 287 g/mol. The van der Waals surface area contributed by atoms with Crippen molar-refractivity contribution in [1.29, 1.82) is 0 Å². The third kappa shape index (κ3) is 5.47. The molecule has 3 unspecified atom stereocenters. The van der Waals surface area contributed by atoms with Gasteiger partial charge in [-0.2, -0.15) is 0 Å². The smallest absolute Gasteiger partial charge is 0.0325 e. The Balaban J connectivity index is 1.98. The molecule has 0 saturated heterocycles. The fourth-order valence-electron chi connectivity index (χ4n) is 3.70. The standard InChI is InChI=1S/C20H33N/c1-4-17-9-8-12-19(14-13-17)21-20(15-16(2)3)18-10-6-5-7-11-18/h5-7,10-11,16-17,19-21H,4,8-9,12-15H2,1-3H3. The fraction of sp³-hybridized carbons (Fsp3) is 0.700. The average Bonchev–Trinajstić information content (AvgIpc) is 2.72. The Morgan fingerprint density at radius 3 is 2.48 bits per heavy atom. The molecule has 1 aromatic rings. The molecule has 1 nitrogen and oxygen atoms in total. The molecule has 0 bridgehead atoms. The van der Waals surface area contributed by atoms with Gasteiger partial charge in [0.15, 0.2) is 0 Å². The lowest BCUT2D eigenvalue weighted by molar-refractivity contribution is 0.351. The molecule has 1 aromatic carbocycles. The summed E-state index contributed by atoms with van der Waals surface area (Å²) in [6.45, 7) is 7.01. The van der Waals surface area contributed by atoms with Crippen molar-refractivity contribution in [2.75, 3.05) is 0 Å². The van der Waals surface area contributed by atoms with E-state index >= 15 is 0 Å². The van der Waals surface area contributed by atoms with Crippen LogP contribution in [0.15, 0.2) is 30.3 Å². The van der Waals surface area contributed by atoms with Crippen LogP contribution in [0.3, 0.4) is 0 Å². The van der Waals surface area contributed by atoms with Gasteiger partial charge in [0, 0.05) is 12.1 Å². The van der Waals surface area contributed by atoms with Crippen molar-refractivity contribution in [1.82, 2.24) is 5.32 Å². The topological polar surface area (TPSA) is 12.0 Å². The highest BCUT2D eigenvalue weighted by Gasteiger charge is 2.21. The van der Waals surface area contributed by atoms with Crippen molar-refractivity contribution >= 4 is 0 Å². The van der Waals surface area contributed by atoms with Crippen LogP contribution in [0.4, 0.5) is 0 Å². The molecule has 0 aromatic heterocycles. The van der Waals surface area contributed by atoms with Gasteiger partial charge in [-0.3, -0.25) is 0 Å². The molecular formula is C20H33N. The quantitative estimate of drug-likeness (QED) is 0.660. The Kier molecular flexibility index (Phi) is 6.76. The monoisotopic (exact) mass is 287 g/mol. The molecule has 21 heavy (non-hydrogen) atoms. The van der Waals surface area contributed by atoms with E-state index in [1.54, 1.807) is 0 Å². The van der Waals surface area contributed by atoms with Crippen LogP contribution in [-0.4, -0.2) is 6.04 Å². The highest BCUT2D eigenvalue weighted by Crippen LogP contribution is 2.28. The van der Waals surface area contributed by atoms with E-state index in [0.717, 1.165) is 11.8 Å². The van der Waals surface area contributed by atoms with Crippen molar-refractivity contribution in [3.8, 4) is 0 Å². The minimum absolute atomic E-state index is 0.523. The van der Waals surface area contributed by atoms with Gasteiger partial charge in [-0.25, -0.2) is 0 Å². The van der Waals surface area contributed by atoms with Crippen molar-refractivity contribution in [3.63, 3.8) is 0 Å². The zero-order valence-electron chi connectivity index (χ0n) is 14.1. The summed E-state index contributed by atoms with van der Waals surface area (Å²) in [6, 6.07) is 12.3. The molecule has 2 rings (SSSR count). The minimum atomic E-state index is 0.523. The Hall–Kier alpha value is -0.820. The second-order valence-corrected chi connectivity index (χ2v) is 7.24. The maximum Gasteiger partial charge on any atom is 0.0325 e. The molecule has 0 radical (unpaired) electrons. The van der Waals surface area contributed by atoms with Crippen molar-refractivity contribution < 1.29 is 0 Å². The maximum atomic E-state index is 3.99. The Bertz CT molecular complexity index is 384. The number of hydrogen-bond acceptors (Lipinski definition) is 1. The lowest BCUT2D eigenvalue weighted by Gasteiger charge is -2.27. The summed E-state index contributed by atoms with van der Waals surface area (Å²) < 4.78 is 0. The van der Waals surface area contributed by atoms with Crippen molar-refractivity contribution in [2.24, 2.45) is 11.8 Å². The lowest BCUT2D eigenvalue weighted by Crippen LogP contribution is -2.33.